The number of methoxy groups -OCH3 is 1. The van der Waals surface area contributed by atoms with Gasteiger partial charge in [-0.1, -0.05) is 11.6 Å². The van der Waals surface area contributed by atoms with Crippen LogP contribution < -0.4 is 4.74 Å². The Labute approximate surface area is 108 Å². The van der Waals surface area contributed by atoms with E-state index in [0.29, 0.717) is 0 Å². The number of nitrogens with zero attached hydrogens (tertiary/aromatic N) is 3. The molecular weight excluding hydrogens is 282 g/mol. The first kappa shape index (κ1) is 11.0. The SMILES string of the molecule is COc1ccc(Br)c2c1nnn2CC1CCC1. The van der Waals surface area contributed by atoms with E-state index in [2.05, 4.69) is 26.2 Å². The van der Waals surface area contributed by atoms with Crippen LogP contribution in [0.25, 0.3) is 11.0 Å². The summed E-state index contributed by atoms with van der Waals surface area (Å²) < 4.78 is 8.32. The highest BCUT2D eigenvalue weighted by Gasteiger charge is 2.21. The van der Waals surface area contributed by atoms with Crippen molar-refractivity contribution in [3.63, 3.8) is 0 Å². The van der Waals surface area contributed by atoms with Gasteiger partial charge in [0.2, 0.25) is 0 Å². The van der Waals surface area contributed by atoms with Crippen LogP contribution in [0.1, 0.15) is 19.3 Å². The molecule has 1 aromatic heterocycles. The van der Waals surface area contributed by atoms with E-state index >= 15 is 0 Å². The highest BCUT2D eigenvalue weighted by Crippen LogP contribution is 2.33. The number of benzene rings is 1. The fourth-order valence-electron chi connectivity index (χ4n) is 2.23. The minimum Gasteiger partial charge on any atom is -0.494 e. The number of fused-ring (bicyclic) bond motifs is 1. The lowest BCUT2D eigenvalue weighted by molar-refractivity contribution is 0.267. The predicted octanol–water partition coefficient (Wildman–Crippen LogP) is 3.00. The van der Waals surface area contributed by atoms with Gasteiger partial charge in [0.05, 0.1) is 7.11 Å². The Morgan fingerprint density at radius 3 is 2.94 bits per heavy atom. The number of hydrogen-bond acceptors (Lipinski definition) is 3. The lowest BCUT2D eigenvalue weighted by atomic mass is 9.85. The summed E-state index contributed by atoms with van der Waals surface area (Å²) in [7, 11) is 1.66. The summed E-state index contributed by atoms with van der Waals surface area (Å²) in [5.41, 5.74) is 1.87. The van der Waals surface area contributed by atoms with Gasteiger partial charge < -0.3 is 4.74 Å². The standard InChI is InChI=1S/C12H14BrN3O/c1-17-10-6-5-9(13)12-11(10)14-15-16(12)7-8-3-2-4-8/h5-6,8H,2-4,7H2,1H3. The molecule has 1 aromatic carbocycles. The average Bonchev–Trinajstić information content (AvgIpc) is 2.69. The third-order valence-corrected chi connectivity index (χ3v) is 4.09. The maximum atomic E-state index is 5.30. The first-order valence-electron chi connectivity index (χ1n) is 5.85. The van der Waals surface area contributed by atoms with E-state index in [0.717, 1.165) is 33.7 Å². The average molecular weight is 296 g/mol. The van der Waals surface area contributed by atoms with Gasteiger partial charge >= 0.3 is 0 Å². The normalized spacial score (nSPS) is 16.1. The molecule has 0 spiro atoms. The van der Waals surface area contributed by atoms with Gasteiger partial charge in [-0.05, 0) is 46.8 Å². The molecule has 0 N–H and O–H groups in total. The van der Waals surface area contributed by atoms with Gasteiger partial charge in [-0.25, -0.2) is 4.68 Å². The summed E-state index contributed by atoms with van der Waals surface area (Å²) in [6, 6.07) is 3.90. The number of hydrogen-bond donors (Lipinski definition) is 0. The number of halogens is 1. The third kappa shape index (κ3) is 1.82. The van der Waals surface area contributed by atoms with Crippen molar-refractivity contribution in [2.75, 3.05) is 7.11 Å². The summed E-state index contributed by atoms with van der Waals surface area (Å²) in [6.07, 6.45) is 3.97. The van der Waals surface area contributed by atoms with Gasteiger partial charge in [0.1, 0.15) is 11.3 Å². The Morgan fingerprint density at radius 2 is 2.29 bits per heavy atom. The Bertz CT molecular complexity index is 548. The molecule has 90 valence electrons. The molecule has 0 amide bonds. The molecule has 2 aromatic rings. The van der Waals surface area contributed by atoms with Crippen LogP contribution in [0.2, 0.25) is 0 Å². The van der Waals surface area contributed by atoms with E-state index in [1.165, 1.54) is 19.3 Å². The van der Waals surface area contributed by atoms with Crippen LogP contribution in [-0.2, 0) is 6.54 Å². The van der Waals surface area contributed by atoms with Crippen molar-refractivity contribution in [2.45, 2.75) is 25.8 Å². The topological polar surface area (TPSA) is 39.9 Å². The molecule has 1 heterocycles. The van der Waals surface area contributed by atoms with E-state index in [1.54, 1.807) is 7.11 Å². The molecule has 1 aliphatic rings. The smallest absolute Gasteiger partial charge is 0.156 e. The monoisotopic (exact) mass is 295 g/mol. The Hall–Kier alpha value is -1.10. The van der Waals surface area contributed by atoms with Crippen molar-refractivity contribution < 1.29 is 4.74 Å². The molecule has 0 radical (unpaired) electrons. The molecule has 1 aliphatic carbocycles. The fourth-order valence-corrected chi connectivity index (χ4v) is 2.76. The quantitative estimate of drug-likeness (QED) is 0.874. The van der Waals surface area contributed by atoms with Crippen LogP contribution in [0.5, 0.6) is 5.75 Å². The van der Waals surface area contributed by atoms with Crippen LogP contribution >= 0.6 is 15.9 Å². The minimum absolute atomic E-state index is 0.762. The largest absolute Gasteiger partial charge is 0.494 e. The maximum absolute atomic E-state index is 5.30. The van der Waals surface area contributed by atoms with Crippen LogP contribution in [0.3, 0.4) is 0 Å². The molecular formula is C12H14BrN3O. The zero-order valence-corrected chi connectivity index (χ0v) is 11.3. The van der Waals surface area contributed by atoms with E-state index < -0.39 is 0 Å². The molecule has 0 aliphatic heterocycles. The molecule has 0 bridgehead atoms. The summed E-state index contributed by atoms with van der Waals surface area (Å²) in [5, 5.41) is 8.46. The predicted molar refractivity (Wildman–Crippen MR) is 69.1 cm³/mol. The van der Waals surface area contributed by atoms with Crippen molar-refractivity contribution >= 4 is 27.0 Å². The van der Waals surface area contributed by atoms with E-state index in [9.17, 15) is 0 Å². The zero-order chi connectivity index (χ0) is 11.8. The van der Waals surface area contributed by atoms with Crippen LogP contribution in [0.15, 0.2) is 16.6 Å². The molecule has 3 rings (SSSR count). The minimum atomic E-state index is 0.762. The van der Waals surface area contributed by atoms with Gasteiger partial charge in [0, 0.05) is 11.0 Å². The molecule has 1 fully saturated rings. The number of aromatic nitrogens is 3. The van der Waals surface area contributed by atoms with Crippen LogP contribution in [0, 0.1) is 5.92 Å². The van der Waals surface area contributed by atoms with Crippen molar-refractivity contribution in [1.82, 2.24) is 15.0 Å². The second kappa shape index (κ2) is 4.29. The number of ether oxygens (including phenoxy) is 1. The van der Waals surface area contributed by atoms with Gasteiger partial charge in [0.25, 0.3) is 0 Å². The Morgan fingerprint density at radius 1 is 1.47 bits per heavy atom. The molecule has 0 atom stereocenters. The molecule has 5 heteroatoms. The molecule has 17 heavy (non-hydrogen) atoms. The van der Waals surface area contributed by atoms with E-state index in [4.69, 9.17) is 4.74 Å². The van der Waals surface area contributed by atoms with Crippen molar-refractivity contribution in [3.8, 4) is 5.75 Å². The second-order valence-electron chi connectivity index (χ2n) is 4.52. The maximum Gasteiger partial charge on any atom is 0.156 e. The Balaban J connectivity index is 2.06. The Kier molecular flexibility index (Phi) is 2.78. The second-order valence-corrected chi connectivity index (χ2v) is 5.37. The van der Waals surface area contributed by atoms with Crippen molar-refractivity contribution in [2.24, 2.45) is 5.92 Å². The zero-order valence-electron chi connectivity index (χ0n) is 9.69. The number of rotatable bonds is 3. The van der Waals surface area contributed by atoms with Gasteiger partial charge in [-0.3, -0.25) is 0 Å². The molecule has 0 saturated heterocycles. The highest BCUT2D eigenvalue weighted by molar-refractivity contribution is 9.10. The summed E-state index contributed by atoms with van der Waals surface area (Å²) in [5.74, 6) is 1.54. The van der Waals surface area contributed by atoms with E-state index in [-0.39, 0.29) is 0 Å². The van der Waals surface area contributed by atoms with Crippen molar-refractivity contribution in [3.05, 3.63) is 16.6 Å². The highest BCUT2D eigenvalue weighted by atomic mass is 79.9. The molecule has 4 nitrogen and oxygen atoms in total. The first-order valence-corrected chi connectivity index (χ1v) is 6.64. The summed E-state index contributed by atoms with van der Waals surface area (Å²) in [6.45, 7) is 0.961. The lowest BCUT2D eigenvalue weighted by Gasteiger charge is -2.25. The molecule has 1 saturated carbocycles. The van der Waals surface area contributed by atoms with E-state index in [1.807, 2.05) is 16.8 Å². The lowest BCUT2D eigenvalue weighted by Crippen LogP contribution is -2.18. The third-order valence-electron chi connectivity index (χ3n) is 3.45. The summed E-state index contributed by atoms with van der Waals surface area (Å²) in [4.78, 5) is 0. The van der Waals surface area contributed by atoms with Crippen LogP contribution in [-0.4, -0.2) is 22.1 Å². The summed E-state index contributed by atoms with van der Waals surface area (Å²) >= 11 is 3.56. The molecule has 0 unspecified atom stereocenters. The van der Waals surface area contributed by atoms with Gasteiger partial charge in [-0.2, -0.15) is 0 Å². The first-order chi connectivity index (χ1) is 8.29. The van der Waals surface area contributed by atoms with Crippen molar-refractivity contribution in [1.29, 1.82) is 0 Å². The van der Waals surface area contributed by atoms with Crippen LogP contribution in [0.4, 0.5) is 0 Å². The van der Waals surface area contributed by atoms with Gasteiger partial charge in [0.15, 0.2) is 5.52 Å². The fraction of sp³-hybridized carbons (Fsp3) is 0.500. The van der Waals surface area contributed by atoms with Gasteiger partial charge in [-0.15, -0.1) is 5.10 Å².